The Bertz CT molecular complexity index is 434. The van der Waals surface area contributed by atoms with Gasteiger partial charge in [-0.05, 0) is 33.1 Å². The summed E-state index contributed by atoms with van der Waals surface area (Å²) in [6.45, 7) is 3.75. The van der Waals surface area contributed by atoms with E-state index in [0.29, 0.717) is 11.5 Å². The van der Waals surface area contributed by atoms with Crippen LogP contribution in [0.2, 0.25) is 0 Å². The zero-order chi connectivity index (χ0) is 11.9. The molecule has 0 bridgehead atoms. The van der Waals surface area contributed by atoms with Crippen molar-refractivity contribution in [2.75, 3.05) is 5.32 Å². The summed E-state index contributed by atoms with van der Waals surface area (Å²) in [6.07, 6.45) is 3.27. The molecule has 0 spiro atoms. The monoisotopic (exact) mass is 224 g/mol. The minimum absolute atomic E-state index is 0.00894. The maximum atomic E-state index is 11.0. The highest BCUT2D eigenvalue weighted by molar-refractivity contribution is 5.60. The van der Waals surface area contributed by atoms with Crippen molar-refractivity contribution in [3.63, 3.8) is 0 Å². The predicted octanol–water partition coefficient (Wildman–Crippen LogP) is 1.99. The van der Waals surface area contributed by atoms with Gasteiger partial charge in [0.1, 0.15) is 5.69 Å². The zero-order valence-corrected chi connectivity index (χ0v) is 9.78. The molecule has 0 radical (unpaired) electrons. The normalized spacial score (nSPS) is 17.9. The number of nitrogens with one attached hydrogen (secondary N) is 1. The Morgan fingerprint density at radius 3 is 2.62 bits per heavy atom. The third kappa shape index (κ3) is 1.64. The quantitative estimate of drug-likeness (QED) is 0.629. The lowest BCUT2D eigenvalue weighted by atomic mass is 9.78. The molecule has 0 amide bonds. The Hall–Kier alpha value is -1.59. The predicted molar refractivity (Wildman–Crippen MR) is 60.5 cm³/mol. The molecule has 16 heavy (non-hydrogen) atoms. The second-order valence-corrected chi connectivity index (χ2v) is 4.70. The van der Waals surface area contributed by atoms with Gasteiger partial charge in [0.2, 0.25) is 5.82 Å². The van der Waals surface area contributed by atoms with Crippen LogP contribution in [0.3, 0.4) is 0 Å². The summed E-state index contributed by atoms with van der Waals surface area (Å²) in [5.41, 5.74) is 0.541. The van der Waals surface area contributed by atoms with Crippen LogP contribution in [0.15, 0.2) is 0 Å². The third-order valence-electron chi connectivity index (χ3n) is 3.25. The van der Waals surface area contributed by atoms with Crippen LogP contribution >= 0.6 is 0 Å². The van der Waals surface area contributed by atoms with Crippen molar-refractivity contribution < 1.29 is 4.92 Å². The van der Waals surface area contributed by atoms with Crippen molar-refractivity contribution in [1.82, 2.24) is 9.78 Å². The fourth-order valence-corrected chi connectivity index (χ4v) is 2.12. The van der Waals surface area contributed by atoms with Crippen molar-refractivity contribution in [3.05, 3.63) is 15.8 Å². The molecule has 1 aliphatic rings. The molecule has 1 N–H and O–H groups in total. The number of nitro groups is 1. The van der Waals surface area contributed by atoms with E-state index in [-0.39, 0.29) is 16.1 Å². The zero-order valence-electron chi connectivity index (χ0n) is 9.78. The smallest absolute Gasteiger partial charge is 0.333 e. The van der Waals surface area contributed by atoms with E-state index in [1.165, 1.54) is 6.42 Å². The Morgan fingerprint density at radius 1 is 1.56 bits per heavy atom. The van der Waals surface area contributed by atoms with E-state index >= 15 is 0 Å². The maximum absolute atomic E-state index is 11.0. The topological polar surface area (TPSA) is 73.0 Å². The molecule has 0 aliphatic heterocycles. The van der Waals surface area contributed by atoms with Gasteiger partial charge in [-0.15, -0.1) is 0 Å². The molecule has 6 heteroatoms. The van der Waals surface area contributed by atoms with Crippen molar-refractivity contribution in [1.29, 1.82) is 0 Å². The highest BCUT2D eigenvalue weighted by Gasteiger charge is 2.35. The highest BCUT2D eigenvalue weighted by atomic mass is 16.6. The molecule has 0 unspecified atom stereocenters. The van der Waals surface area contributed by atoms with E-state index in [0.717, 1.165) is 12.8 Å². The van der Waals surface area contributed by atoms with Gasteiger partial charge >= 0.3 is 5.69 Å². The minimum Gasteiger partial charge on any atom is -0.359 e. The van der Waals surface area contributed by atoms with Gasteiger partial charge in [-0.3, -0.25) is 10.1 Å². The first-order chi connectivity index (χ1) is 7.43. The van der Waals surface area contributed by atoms with Crippen LogP contribution in [-0.4, -0.2) is 20.2 Å². The minimum atomic E-state index is -0.368. The molecule has 1 heterocycles. The Balaban J connectivity index is 2.35. The summed E-state index contributed by atoms with van der Waals surface area (Å²) in [4.78, 5) is 10.6. The van der Waals surface area contributed by atoms with E-state index in [4.69, 9.17) is 0 Å². The summed E-state index contributed by atoms with van der Waals surface area (Å²) in [7, 11) is 1.73. The lowest BCUT2D eigenvalue weighted by Gasteiger charge is -2.39. The van der Waals surface area contributed by atoms with Crippen LogP contribution in [0.4, 0.5) is 11.5 Å². The Kier molecular flexibility index (Phi) is 2.36. The lowest BCUT2D eigenvalue weighted by Crippen LogP contribution is -2.42. The first-order valence-corrected chi connectivity index (χ1v) is 5.39. The van der Waals surface area contributed by atoms with Crippen molar-refractivity contribution >= 4 is 11.5 Å². The fraction of sp³-hybridized carbons (Fsp3) is 0.700. The lowest BCUT2D eigenvalue weighted by molar-refractivity contribution is -0.384. The third-order valence-corrected chi connectivity index (χ3v) is 3.25. The van der Waals surface area contributed by atoms with Gasteiger partial charge in [0.05, 0.1) is 4.92 Å². The second-order valence-electron chi connectivity index (χ2n) is 4.70. The number of anilines is 1. The van der Waals surface area contributed by atoms with E-state index in [2.05, 4.69) is 17.3 Å². The van der Waals surface area contributed by atoms with Gasteiger partial charge in [0.15, 0.2) is 0 Å². The first-order valence-electron chi connectivity index (χ1n) is 5.39. The summed E-state index contributed by atoms with van der Waals surface area (Å²) in [5, 5.41) is 18.3. The van der Waals surface area contributed by atoms with Crippen molar-refractivity contribution in [2.45, 2.75) is 38.6 Å². The highest BCUT2D eigenvalue weighted by Crippen LogP contribution is 2.38. The molecule has 1 aromatic heterocycles. The molecular formula is C10H16N4O2. The van der Waals surface area contributed by atoms with Gasteiger partial charge in [-0.2, -0.15) is 5.10 Å². The molecule has 6 nitrogen and oxygen atoms in total. The van der Waals surface area contributed by atoms with Crippen molar-refractivity contribution in [3.8, 4) is 0 Å². The van der Waals surface area contributed by atoms with Crippen LogP contribution in [0.1, 0.15) is 31.9 Å². The summed E-state index contributed by atoms with van der Waals surface area (Å²) < 4.78 is 1.55. The summed E-state index contributed by atoms with van der Waals surface area (Å²) in [5.74, 6) is 0.518. The molecule has 88 valence electrons. The maximum Gasteiger partial charge on any atom is 0.333 e. The molecular weight excluding hydrogens is 208 g/mol. The van der Waals surface area contributed by atoms with Crippen LogP contribution in [-0.2, 0) is 7.05 Å². The number of hydrogen-bond donors (Lipinski definition) is 1. The average molecular weight is 224 g/mol. The summed E-state index contributed by atoms with van der Waals surface area (Å²) in [6, 6.07) is 0. The molecule has 1 saturated carbocycles. The standard InChI is InChI=1S/C10H16N4O2/c1-7-8(14(15)16)9(13(3)12-7)11-10(2)5-4-6-10/h11H,4-6H2,1-3H3. The number of nitrogens with zero attached hydrogens (tertiary/aromatic N) is 3. The molecule has 1 aliphatic carbocycles. The molecule has 2 rings (SSSR count). The van der Waals surface area contributed by atoms with E-state index in [1.807, 2.05) is 0 Å². The number of rotatable bonds is 3. The Morgan fingerprint density at radius 2 is 2.19 bits per heavy atom. The number of aryl methyl sites for hydroxylation is 2. The number of hydrogen-bond acceptors (Lipinski definition) is 4. The van der Waals surface area contributed by atoms with E-state index in [9.17, 15) is 10.1 Å². The first kappa shape index (κ1) is 10.9. The number of aromatic nitrogens is 2. The molecule has 0 aromatic carbocycles. The van der Waals surface area contributed by atoms with Gasteiger partial charge in [-0.25, -0.2) is 4.68 Å². The van der Waals surface area contributed by atoms with Gasteiger partial charge in [0, 0.05) is 12.6 Å². The Labute approximate surface area is 93.8 Å². The molecule has 0 atom stereocenters. The van der Waals surface area contributed by atoms with Crippen LogP contribution in [0, 0.1) is 17.0 Å². The SMILES string of the molecule is Cc1nn(C)c(NC2(C)CCC2)c1[N+](=O)[O-]. The van der Waals surface area contributed by atoms with Crippen LogP contribution < -0.4 is 5.32 Å². The molecule has 0 saturated heterocycles. The van der Waals surface area contributed by atoms with Gasteiger partial charge in [-0.1, -0.05) is 0 Å². The fourth-order valence-electron chi connectivity index (χ4n) is 2.12. The molecule has 1 aromatic rings. The van der Waals surface area contributed by atoms with E-state index in [1.54, 1.807) is 18.7 Å². The van der Waals surface area contributed by atoms with Gasteiger partial charge in [0.25, 0.3) is 0 Å². The largest absolute Gasteiger partial charge is 0.359 e. The summed E-state index contributed by atoms with van der Waals surface area (Å²) >= 11 is 0. The second kappa shape index (κ2) is 3.47. The van der Waals surface area contributed by atoms with Crippen LogP contribution in [0.5, 0.6) is 0 Å². The van der Waals surface area contributed by atoms with Gasteiger partial charge < -0.3 is 5.32 Å². The average Bonchev–Trinajstić information content (AvgIpc) is 2.39. The van der Waals surface area contributed by atoms with E-state index < -0.39 is 0 Å². The molecule has 1 fully saturated rings. The van der Waals surface area contributed by atoms with Crippen LogP contribution in [0.25, 0.3) is 0 Å². The van der Waals surface area contributed by atoms with Crippen molar-refractivity contribution in [2.24, 2.45) is 7.05 Å².